The maximum absolute atomic E-state index is 13.7. The molecule has 0 spiro atoms. The molecule has 0 saturated carbocycles. The van der Waals surface area contributed by atoms with Gasteiger partial charge >= 0.3 is 0 Å². The average molecular weight is 346 g/mol. The molecule has 0 saturated heterocycles. The van der Waals surface area contributed by atoms with Crippen molar-refractivity contribution in [2.24, 2.45) is 5.41 Å². The Bertz CT molecular complexity index is 756. The first kappa shape index (κ1) is 18.6. The molecule has 2 amide bonds. The molecule has 0 fully saturated rings. The summed E-state index contributed by atoms with van der Waals surface area (Å²) in [5, 5.41) is 4.91. The van der Waals surface area contributed by atoms with Crippen molar-refractivity contribution >= 4 is 17.5 Å². The monoisotopic (exact) mass is 346 g/mol. The number of carbonyl (C=O) groups excluding carboxylic acids is 2. The van der Waals surface area contributed by atoms with Crippen LogP contribution in [0.1, 0.15) is 32.4 Å². The standard InChI is InChI=1S/C19H20F2N2O2/c1-12(13-8-5-4-6-9-13)22-17(24)19(2,3)18(25)23-16-14(20)10-7-11-15(16)21/h4-12H,1-3H3,(H,22,24)(H,23,25). The highest BCUT2D eigenvalue weighted by Crippen LogP contribution is 2.24. The first-order valence-electron chi connectivity index (χ1n) is 7.85. The summed E-state index contributed by atoms with van der Waals surface area (Å²) in [5.41, 5.74) is -1.20. The first-order valence-corrected chi connectivity index (χ1v) is 7.85. The Balaban J connectivity index is 2.11. The molecule has 132 valence electrons. The van der Waals surface area contributed by atoms with Gasteiger partial charge in [0.25, 0.3) is 0 Å². The number of para-hydroxylation sites is 1. The van der Waals surface area contributed by atoms with Gasteiger partial charge in [0.2, 0.25) is 11.8 Å². The van der Waals surface area contributed by atoms with Crippen LogP contribution in [0.2, 0.25) is 0 Å². The summed E-state index contributed by atoms with van der Waals surface area (Å²) >= 11 is 0. The molecule has 4 nitrogen and oxygen atoms in total. The topological polar surface area (TPSA) is 58.2 Å². The minimum Gasteiger partial charge on any atom is -0.349 e. The largest absolute Gasteiger partial charge is 0.349 e. The van der Waals surface area contributed by atoms with Gasteiger partial charge in [0, 0.05) is 0 Å². The van der Waals surface area contributed by atoms with Crippen LogP contribution >= 0.6 is 0 Å². The second-order valence-electron chi connectivity index (χ2n) is 6.28. The Hall–Kier alpha value is -2.76. The van der Waals surface area contributed by atoms with Crippen LogP contribution in [0.15, 0.2) is 48.5 Å². The predicted octanol–water partition coefficient (Wildman–Crippen LogP) is 3.81. The zero-order valence-corrected chi connectivity index (χ0v) is 14.3. The molecule has 2 rings (SSSR count). The fraction of sp³-hybridized carbons (Fsp3) is 0.263. The second-order valence-corrected chi connectivity index (χ2v) is 6.28. The third-order valence-electron chi connectivity index (χ3n) is 3.98. The third kappa shape index (κ3) is 4.21. The molecule has 0 aliphatic heterocycles. The molecule has 0 radical (unpaired) electrons. The minimum atomic E-state index is -1.52. The highest BCUT2D eigenvalue weighted by molar-refractivity contribution is 6.10. The van der Waals surface area contributed by atoms with E-state index in [4.69, 9.17) is 0 Å². The molecule has 2 aromatic rings. The quantitative estimate of drug-likeness (QED) is 0.809. The molecule has 2 aromatic carbocycles. The third-order valence-corrected chi connectivity index (χ3v) is 3.98. The first-order chi connectivity index (χ1) is 11.7. The number of rotatable bonds is 5. The molecule has 1 atom stereocenters. The summed E-state index contributed by atoms with van der Waals surface area (Å²) in [4.78, 5) is 24.9. The number of nitrogens with one attached hydrogen (secondary N) is 2. The van der Waals surface area contributed by atoms with Crippen molar-refractivity contribution in [1.82, 2.24) is 5.32 Å². The maximum Gasteiger partial charge on any atom is 0.239 e. The Morgan fingerprint density at radius 3 is 2.04 bits per heavy atom. The van der Waals surface area contributed by atoms with E-state index in [2.05, 4.69) is 10.6 Å². The number of benzene rings is 2. The summed E-state index contributed by atoms with van der Waals surface area (Å²) in [5.74, 6) is -3.14. The van der Waals surface area contributed by atoms with E-state index in [1.165, 1.54) is 19.9 Å². The predicted molar refractivity (Wildman–Crippen MR) is 91.8 cm³/mol. The number of carbonyl (C=O) groups is 2. The Kier molecular flexibility index (Phi) is 5.51. The number of anilines is 1. The van der Waals surface area contributed by atoms with Gasteiger partial charge in [0.1, 0.15) is 22.7 Å². The van der Waals surface area contributed by atoms with Gasteiger partial charge in [-0.05, 0) is 38.5 Å². The summed E-state index contributed by atoms with van der Waals surface area (Å²) < 4.78 is 27.4. The van der Waals surface area contributed by atoms with Crippen LogP contribution in [0.4, 0.5) is 14.5 Å². The maximum atomic E-state index is 13.7. The highest BCUT2D eigenvalue weighted by atomic mass is 19.1. The van der Waals surface area contributed by atoms with E-state index >= 15 is 0 Å². The number of halogens is 2. The zero-order chi connectivity index (χ0) is 18.6. The minimum absolute atomic E-state index is 0.314. The number of amides is 2. The van der Waals surface area contributed by atoms with Crippen molar-refractivity contribution < 1.29 is 18.4 Å². The summed E-state index contributed by atoms with van der Waals surface area (Å²) in [7, 11) is 0. The van der Waals surface area contributed by atoms with Gasteiger partial charge in [0.15, 0.2) is 0 Å². The van der Waals surface area contributed by atoms with Gasteiger partial charge in [-0.3, -0.25) is 9.59 Å². The lowest BCUT2D eigenvalue weighted by Gasteiger charge is -2.25. The van der Waals surface area contributed by atoms with E-state index in [0.717, 1.165) is 17.7 Å². The number of hydrogen-bond acceptors (Lipinski definition) is 2. The van der Waals surface area contributed by atoms with E-state index in [9.17, 15) is 18.4 Å². The van der Waals surface area contributed by atoms with Gasteiger partial charge in [0.05, 0.1) is 6.04 Å². The van der Waals surface area contributed by atoms with Crippen LogP contribution in [-0.2, 0) is 9.59 Å². The van der Waals surface area contributed by atoms with Crippen LogP contribution in [0, 0.1) is 17.0 Å². The smallest absolute Gasteiger partial charge is 0.239 e. The van der Waals surface area contributed by atoms with Crippen molar-refractivity contribution in [1.29, 1.82) is 0 Å². The Morgan fingerprint density at radius 2 is 1.48 bits per heavy atom. The SMILES string of the molecule is CC(NC(=O)C(C)(C)C(=O)Nc1c(F)cccc1F)c1ccccc1. The van der Waals surface area contributed by atoms with Crippen LogP contribution in [0.25, 0.3) is 0 Å². The number of hydrogen-bond donors (Lipinski definition) is 2. The van der Waals surface area contributed by atoms with Crippen molar-refractivity contribution in [3.8, 4) is 0 Å². The van der Waals surface area contributed by atoms with Gasteiger partial charge in [-0.2, -0.15) is 0 Å². The summed E-state index contributed by atoms with van der Waals surface area (Å²) in [6, 6.07) is 12.2. The molecule has 25 heavy (non-hydrogen) atoms. The van der Waals surface area contributed by atoms with Crippen molar-refractivity contribution in [2.75, 3.05) is 5.32 Å². The lowest BCUT2D eigenvalue weighted by molar-refractivity contribution is -0.138. The normalized spacial score (nSPS) is 12.4. The summed E-state index contributed by atoms with van der Waals surface area (Å²) in [6.45, 7) is 4.58. The molecular formula is C19H20F2N2O2. The average Bonchev–Trinajstić information content (AvgIpc) is 2.58. The van der Waals surface area contributed by atoms with Crippen molar-refractivity contribution in [2.45, 2.75) is 26.8 Å². The summed E-state index contributed by atoms with van der Waals surface area (Å²) in [6.07, 6.45) is 0. The fourth-order valence-electron chi connectivity index (χ4n) is 2.19. The zero-order valence-electron chi connectivity index (χ0n) is 14.3. The van der Waals surface area contributed by atoms with Gasteiger partial charge in [-0.1, -0.05) is 36.4 Å². The molecule has 0 heterocycles. The van der Waals surface area contributed by atoms with Gasteiger partial charge in [-0.25, -0.2) is 8.78 Å². The fourth-order valence-corrected chi connectivity index (χ4v) is 2.19. The second kappa shape index (κ2) is 7.42. The molecule has 0 aliphatic carbocycles. The highest BCUT2D eigenvalue weighted by Gasteiger charge is 2.37. The van der Waals surface area contributed by atoms with E-state index in [-0.39, 0.29) is 6.04 Å². The Morgan fingerprint density at radius 1 is 0.920 bits per heavy atom. The van der Waals surface area contributed by atoms with Crippen LogP contribution in [-0.4, -0.2) is 11.8 Å². The Labute approximate surface area is 145 Å². The van der Waals surface area contributed by atoms with Crippen LogP contribution in [0.3, 0.4) is 0 Å². The van der Waals surface area contributed by atoms with Crippen LogP contribution < -0.4 is 10.6 Å². The molecular weight excluding hydrogens is 326 g/mol. The van der Waals surface area contributed by atoms with Crippen molar-refractivity contribution in [3.63, 3.8) is 0 Å². The lowest BCUT2D eigenvalue weighted by atomic mass is 9.90. The molecule has 0 aromatic heterocycles. The molecule has 0 aliphatic rings. The molecule has 6 heteroatoms. The van der Waals surface area contributed by atoms with Gasteiger partial charge < -0.3 is 10.6 Å². The van der Waals surface area contributed by atoms with E-state index < -0.39 is 34.6 Å². The van der Waals surface area contributed by atoms with Gasteiger partial charge in [-0.15, -0.1) is 0 Å². The van der Waals surface area contributed by atoms with E-state index in [1.54, 1.807) is 6.92 Å². The molecule has 0 bridgehead atoms. The van der Waals surface area contributed by atoms with E-state index in [1.807, 2.05) is 30.3 Å². The molecule has 2 N–H and O–H groups in total. The lowest BCUT2D eigenvalue weighted by Crippen LogP contribution is -2.46. The van der Waals surface area contributed by atoms with Crippen molar-refractivity contribution in [3.05, 3.63) is 65.7 Å². The molecule has 1 unspecified atom stereocenters. The van der Waals surface area contributed by atoms with Crippen LogP contribution in [0.5, 0.6) is 0 Å². The van der Waals surface area contributed by atoms with E-state index in [0.29, 0.717) is 0 Å².